The molecular weight excluding hydrogens is 282 g/mol. The third-order valence-corrected chi connectivity index (χ3v) is 4.39. The summed E-state index contributed by atoms with van der Waals surface area (Å²) in [6, 6.07) is 8.26. The molecule has 1 aromatic carbocycles. The molecule has 19 heavy (non-hydrogen) atoms. The first-order chi connectivity index (χ1) is 8.84. The minimum Gasteiger partial charge on any atom is -1.00 e. The maximum Gasteiger partial charge on any atom is 0.0930 e. The van der Waals surface area contributed by atoms with Crippen molar-refractivity contribution >= 4 is 21.4 Å². The zero-order valence-electron chi connectivity index (χ0n) is 10.6. The third kappa shape index (κ3) is 3.27. The maximum atomic E-state index is 10.4. The summed E-state index contributed by atoms with van der Waals surface area (Å²) in [6.07, 6.45) is -0.403. The van der Waals surface area contributed by atoms with Crippen molar-refractivity contribution in [3.63, 3.8) is 0 Å². The Morgan fingerprint density at radius 3 is 2.79 bits per heavy atom. The third-order valence-electron chi connectivity index (χ3n) is 3.40. The van der Waals surface area contributed by atoms with Crippen LogP contribution >= 0.6 is 11.3 Å². The second-order valence-corrected chi connectivity index (χ2v) is 5.53. The van der Waals surface area contributed by atoms with Crippen molar-refractivity contribution in [3.8, 4) is 0 Å². The molecule has 1 unspecified atom stereocenters. The lowest BCUT2D eigenvalue weighted by Crippen LogP contribution is -3.00. The normalized spacial score (nSPS) is 18.2. The van der Waals surface area contributed by atoms with Crippen molar-refractivity contribution in [2.75, 3.05) is 32.8 Å². The van der Waals surface area contributed by atoms with Gasteiger partial charge >= 0.3 is 0 Å². The van der Waals surface area contributed by atoms with Gasteiger partial charge in [0.25, 0.3) is 0 Å². The van der Waals surface area contributed by atoms with E-state index >= 15 is 0 Å². The Balaban J connectivity index is 0.00000133. The summed E-state index contributed by atoms with van der Waals surface area (Å²) in [4.78, 5) is 2.26. The number of β-amino-alcohol motifs (C(OH)–C–C–N with tert-alkyl or cyclic N) is 1. The molecule has 2 aromatic rings. The zero-order valence-corrected chi connectivity index (χ0v) is 12.2. The van der Waals surface area contributed by atoms with E-state index in [0.29, 0.717) is 6.54 Å². The number of hydrogen-bond donors (Lipinski definition) is 1. The lowest BCUT2D eigenvalue weighted by atomic mass is 10.1. The molecule has 1 aliphatic rings. The van der Waals surface area contributed by atoms with Crippen LogP contribution in [0.15, 0.2) is 29.6 Å². The van der Waals surface area contributed by atoms with Gasteiger partial charge in [-0.2, -0.15) is 0 Å². The molecule has 1 aromatic heterocycles. The van der Waals surface area contributed by atoms with Crippen LogP contribution in [0.1, 0.15) is 11.7 Å². The second kappa shape index (κ2) is 6.68. The van der Waals surface area contributed by atoms with Crippen molar-refractivity contribution in [3.05, 3.63) is 35.2 Å². The molecule has 0 radical (unpaired) electrons. The number of thiophene rings is 1. The molecule has 0 saturated carbocycles. The molecule has 0 aliphatic carbocycles. The lowest BCUT2D eigenvalue weighted by Gasteiger charge is -2.28. The fourth-order valence-corrected chi connectivity index (χ4v) is 3.39. The van der Waals surface area contributed by atoms with E-state index in [4.69, 9.17) is 4.74 Å². The van der Waals surface area contributed by atoms with E-state index < -0.39 is 6.10 Å². The van der Waals surface area contributed by atoms with Gasteiger partial charge in [0.15, 0.2) is 0 Å². The minimum atomic E-state index is -0.403. The number of hydrogen-bond acceptors (Lipinski definition) is 4. The highest BCUT2D eigenvalue weighted by molar-refractivity contribution is 7.17. The first-order valence-electron chi connectivity index (χ1n) is 6.29. The SMILES string of the molecule is OC(CN1CCOCC1)c1csc2ccccc12.[Cl-]. The van der Waals surface area contributed by atoms with Gasteiger partial charge < -0.3 is 22.3 Å². The van der Waals surface area contributed by atoms with Gasteiger partial charge in [0.05, 0.1) is 19.3 Å². The number of nitrogens with zero attached hydrogens (tertiary/aromatic N) is 1. The first-order valence-corrected chi connectivity index (χ1v) is 7.17. The van der Waals surface area contributed by atoms with Gasteiger partial charge in [-0.25, -0.2) is 0 Å². The Morgan fingerprint density at radius 2 is 2.00 bits per heavy atom. The largest absolute Gasteiger partial charge is 1.00 e. The van der Waals surface area contributed by atoms with Crippen LogP contribution in [-0.4, -0.2) is 42.9 Å². The monoisotopic (exact) mass is 298 g/mol. The lowest BCUT2D eigenvalue weighted by molar-refractivity contribution is -0.0000156. The Hall–Kier alpha value is -0.650. The second-order valence-electron chi connectivity index (χ2n) is 4.62. The van der Waals surface area contributed by atoms with Gasteiger partial charge in [0, 0.05) is 29.9 Å². The van der Waals surface area contributed by atoms with E-state index in [0.717, 1.165) is 31.9 Å². The van der Waals surface area contributed by atoms with Crippen LogP contribution in [0.5, 0.6) is 0 Å². The topological polar surface area (TPSA) is 32.7 Å². The Labute approximate surface area is 123 Å². The van der Waals surface area contributed by atoms with Crippen molar-refractivity contribution in [2.24, 2.45) is 0 Å². The van der Waals surface area contributed by atoms with Crippen LogP contribution in [-0.2, 0) is 4.74 Å². The number of benzene rings is 1. The molecule has 3 rings (SSSR count). The van der Waals surface area contributed by atoms with Gasteiger partial charge in [-0.05, 0) is 16.8 Å². The molecule has 104 valence electrons. The first kappa shape index (κ1) is 14.8. The van der Waals surface area contributed by atoms with Crippen LogP contribution in [0.2, 0.25) is 0 Å². The Bertz CT molecular complexity index is 525. The highest BCUT2D eigenvalue weighted by Gasteiger charge is 2.18. The van der Waals surface area contributed by atoms with Crippen LogP contribution in [0, 0.1) is 0 Å². The van der Waals surface area contributed by atoms with Gasteiger partial charge in [0.1, 0.15) is 0 Å². The number of aliphatic hydroxyl groups excluding tert-OH is 1. The summed E-state index contributed by atoms with van der Waals surface area (Å²) < 4.78 is 6.56. The molecule has 0 amide bonds. The number of aliphatic hydroxyl groups is 1. The van der Waals surface area contributed by atoms with Crippen molar-refractivity contribution < 1.29 is 22.3 Å². The smallest absolute Gasteiger partial charge is 0.0930 e. The van der Waals surface area contributed by atoms with E-state index in [9.17, 15) is 5.11 Å². The average Bonchev–Trinajstić information content (AvgIpc) is 2.84. The van der Waals surface area contributed by atoms with Gasteiger partial charge in [-0.1, -0.05) is 18.2 Å². The predicted octanol–water partition coefficient (Wildman–Crippen LogP) is -0.729. The van der Waals surface area contributed by atoms with Crippen molar-refractivity contribution in [2.45, 2.75) is 6.10 Å². The minimum absolute atomic E-state index is 0. The standard InChI is InChI=1S/C14H17NO2S.ClH/c16-13(9-15-5-7-17-8-6-15)12-10-18-14-4-2-1-3-11(12)14;/h1-4,10,13,16H,5-9H2;1H/p-1. The molecule has 0 bridgehead atoms. The van der Waals surface area contributed by atoms with Crippen LogP contribution in [0.25, 0.3) is 10.1 Å². The molecule has 1 fully saturated rings. The summed E-state index contributed by atoms with van der Waals surface area (Å²) in [6.45, 7) is 4.08. The summed E-state index contributed by atoms with van der Waals surface area (Å²) in [5, 5.41) is 13.6. The van der Waals surface area contributed by atoms with E-state index in [1.807, 2.05) is 12.1 Å². The highest BCUT2D eigenvalue weighted by atomic mass is 35.5. The molecule has 2 heterocycles. The van der Waals surface area contributed by atoms with Crippen LogP contribution < -0.4 is 12.4 Å². The Kier molecular flexibility index (Phi) is 5.19. The quantitative estimate of drug-likeness (QED) is 0.811. The Morgan fingerprint density at radius 1 is 1.26 bits per heavy atom. The number of rotatable bonds is 3. The summed E-state index contributed by atoms with van der Waals surface area (Å²) in [7, 11) is 0. The van der Waals surface area contributed by atoms with E-state index in [2.05, 4.69) is 22.4 Å². The number of ether oxygens (including phenoxy) is 1. The molecule has 5 heteroatoms. The highest BCUT2D eigenvalue weighted by Crippen LogP contribution is 2.30. The summed E-state index contributed by atoms with van der Waals surface area (Å²) in [5.41, 5.74) is 1.06. The maximum absolute atomic E-state index is 10.4. The van der Waals surface area contributed by atoms with E-state index in [-0.39, 0.29) is 12.4 Å². The number of morpholine rings is 1. The fourth-order valence-electron chi connectivity index (χ4n) is 2.38. The summed E-state index contributed by atoms with van der Waals surface area (Å²) in [5.74, 6) is 0. The predicted molar refractivity (Wildman–Crippen MR) is 74.0 cm³/mol. The molecule has 1 aliphatic heterocycles. The van der Waals surface area contributed by atoms with Gasteiger partial charge in [0.2, 0.25) is 0 Å². The van der Waals surface area contributed by atoms with Crippen molar-refractivity contribution in [1.82, 2.24) is 4.90 Å². The fraction of sp³-hybridized carbons (Fsp3) is 0.429. The number of halogens is 1. The van der Waals surface area contributed by atoms with Crippen LogP contribution in [0.4, 0.5) is 0 Å². The molecule has 3 nitrogen and oxygen atoms in total. The van der Waals surface area contributed by atoms with Crippen LogP contribution in [0.3, 0.4) is 0 Å². The van der Waals surface area contributed by atoms with E-state index in [1.165, 1.54) is 10.1 Å². The van der Waals surface area contributed by atoms with Gasteiger partial charge in [-0.15, -0.1) is 11.3 Å². The zero-order chi connectivity index (χ0) is 12.4. The summed E-state index contributed by atoms with van der Waals surface area (Å²) >= 11 is 1.70. The van der Waals surface area contributed by atoms with Gasteiger partial charge in [-0.3, -0.25) is 4.90 Å². The van der Waals surface area contributed by atoms with E-state index in [1.54, 1.807) is 11.3 Å². The molecule has 1 saturated heterocycles. The average molecular weight is 299 g/mol. The number of fused-ring (bicyclic) bond motifs is 1. The van der Waals surface area contributed by atoms with Crippen molar-refractivity contribution in [1.29, 1.82) is 0 Å². The molecule has 1 N–H and O–H groups in total. The molecule has 1 atom stereocenters. The molecule has 0 spiro atoms. The molecular formula is C14H17ClNO2S-.